The van der Waals surface area contributed by atoms with Crippen LogP contribution in [0.15, 0.2) is 18.2 Å². The molecule has 0 amide bonds. The van der Waals surface area contributed by atoms with Crippen LogP contribution in [0.4, 0.5) is 4.79 Å². The van der Waals surface area contributed by atoms with Crippen LogP contribution < -0.4 is 15.2 Å². The molecule has 0 radical (unpaired) electrons. The molecule has 0 spiro atoms. The summed E-state index contributed by atoms with van der Waals surface area (Å²) in [5, 5.41) is 0. The summed E-state index contributed by atoms with van der Waals surface area (Å²) < 4.78 is 26.7. The number of rotatable bonds is 14. The minimum Gasteiger partial charge on any atom is -0.468 e. The van der Waals surface area contributed by atoms with E-state index >= 15 is 0 Å². The first-order chi connectivity index (χ1) is 18.5. The van der Waals surface area contributed by atoms with Gasteiger partial charge in [0.1, 0.15) is 17.7 Å². The number of hydrogen-bond acceptors (Lipinski definition) is 10. The minimum atomic E-state index is -1.60. The Balaban J connectivity index is 3.32. The maximum absolute atomic E-state index is 12.8. The Kier molecular flexibility index (Phi) is 13.6. The zero-order valence-electron chi connectivity index (χ0n) is 25.6. The van der Waals surface area contributed by atoms with Crippen molar-refractivity contribution < 1.29 is 42.9 Å². The number of benzene rings is 1. The Morgan fingerprint density at radius 3 is 1.77 bits per heavy atom. The van der Waals surface area contributed by atoms with E-state index < -0.39 is 41.6 Å². The average Bonchev–Trinajstić information content (AvgIpc) is 2.87. The van der Waals surface area contributed by atoms with E-state index in [1.807, 2.05) is 34.6 Å². The lowest BCUT2D eigenvalue weighted by molar-refractivity contribution is -0.148. The third-order valence-corrected chi connectivity index (χ3v) is 7.11. The van der Waals surface area contributed by atoms with Crippen LogP contribution in [0, 0.1) is 23.7 Å². The van der Waals surface area contributed by atoms with Gasteiger partial charge in [0.05, 0.1) is 18.9 Å². The largest absolute Gasteiger partial charge is 0.508 e. The van der Waals surface area contributed by atoms with Crippen molar-refractivity contribution in [2.24, 2.45) is 29.4 Å². The monoisotopic (exact) mass is 565 g/mol. The molecule has 2 N–H and O–H groups in total. The van der Waals surface area contributed by atoms with Crippen molar-refractivity contribution in [3.8, 4) is 11.5 Å². The summed E-state index contributed by atoms with van der Waals surface area (Å²) in [6, 6.07) is 4.64. The summed E-state index contributed by atoms with van der Waals surface area (Å²) in [4.78, 5) is 50.4. The maximum Gasteiger partial charge on any atom is 0.508 e. The molecule has 0 aromatic heterocycles. The first-order valence-electron chi connectivity index (χ1n) is 13.8. The molecule has 10 nitrogen and oxygen atoms in total. The first kappa shape index (κ1) is 34.9. The molecule has 0 saturated heterocycles. The van der Waals surface area contributed by atoms with E-state index in [1.165, 1.54) is 19.2 Å². The normalized spacial score (nSPS) is 15.8. The van der Waals surface area contributed by atoms with Gasteiger partial charge in [0.15, 0.2) is 11.5 Å². The van der Waals surface area contributed by atoms with Crippen LogP contribution in [0.25, 0.3) is 0 Å². The second-order valence-corrected chi connectivity index (χ2v) is 11.2. The fraction of sp³-hybridized carbons (Fsp3) is 0.667. The molecule has 40 heavy (non-hydrogen) atoms. The quantitative estimate of drug-likeness (QED) is 0.236. The fourth-order valence-electron chi connectivity index (χ4n) is 3.56. The molecular formula is C30H47NO9. The van der Waals surface area contributed by atoms with Crippen LogP contribution in [-0.2, 0) is 35.0 Å². The highest BCUT2D eigenvalue weighted by Gasteiger charge is 2.39. The third-order valence-electron chi connectivity index (χ3n) is 7.11. The zero-order valence-corrected chi connectivity index (χ0v) is 25.6. The highest BCUT2D eigenvalue weighted by Crippen LogP contribution is 2.33. The smallest absolute Gasteiger partial charge is 0.468 e. The summed E-state index contributed by atoms with van der Waals surface area (Å²) in [6.07, 6.45) is -1.45. The van der Waals surface area contributed by atoms with E-state index in [4.69, 9.17) is 29.4 Å². The molecule has 5 atom stereocenters. The SMILES string of the molecule is CC[C@H](C)OC(=O)O[C@@H](C)CC(N)(Cc1ccc(OC(=O)C(C)C(C)C)c(OC(=O)C(C)C(C)C)c1)C(=O)OC. The molecule has 3 unspecified atom stereocenters. The molecule has 1 aromatic rings. The topological polar surface area (TPSA) is 140 Å². The minimum absolute atomic E-state index is 0.0205. The molecule has 10 heteroatoms. The Morgan fingerprint density at radius 1 is 0.800 bits per heavy atom. The number of nitrogens with two attached hydrogens (primary N) is 1. The molecule has 0 heterocycles. The van der Waals surface area contributed by atoms with Crippen molar-refractivity contribution >= 4 is 24.1 Å². The lowest BCUT2D eigenvalue weighted by atomic mass is 9.86. The molecule has 1 aromatic carbocycles. The number of carbonyl (C=O) groups is 4. The van der Waals surface area contributed by atoms with E-state index in [2.05, 4.69) is 0 Å². The molecule has 226 valence electrons. The zero-order chi connectivity index (χ0) is 30.8. The lowest BCUT2D eigenvalue weighted by Crippen LogP contribution is -2.53. The fourth-order valence-corrected chi connectivity index (χ4v) is 3.56. The molecular weight excluding hydrogens is 518 g/mol. The van der Waals surface area contributed by atoms with Gasteiger partial charge in [0, 0.05) is 12.8 Å². The molecule has 1 rings (SSSR count). The van der Waals surface area contributed by atoms with Crippen molar-refractivity contribution in [1.82, 2.24) is 0 Å². The van der Waals surface area contributed by atoms with Crippen molar-refractivity contribution in [2.45, 2.75) is 99.3 Å². The van der Waals surface area contributed by atoms with Gasteiger partial charge in [-0.05, 0) is 49.8 Å². The third kappa shape index (κ3) is 10.4. The summed E-state index contributed by atoms with van der Waals surface area (Å²) >= 11 is 0. The summed E-state index contributed by atoms with van der Waals surface area (Å²) in [6.45, 7) is 16.3. The number of esters is 3. The molecule has 0 bridgehead atoms. The Bertz CT molecular complexity index is 1020. The standard InChI is InChI=1S/C30H47NO9/c1-11-19(6)37-29(35)38-20(7)15-30(31,28(34)36-10)16-23-12-13-24(39-26(32)21(8)17(2)3)25(14-23)40-27(33)22(9)18(4)5/h12-14,17-22H,11,15-16,31H2,1-10H3/t19-,20-,21?,22?,30?/m0/s1. The number of hydrogen-bond donors (Lipinski definition) is 1. The lowest BCUT2D eigenvalue weighted by Gasteiger charge is -2.29. The van der Waals surface area contributed by atoms with Crippen LogP contribution >= 0.6 is 0 Å². The van der Waals surface area contributed by atoms with Crippen molar-refractivity contribution in [1.29, 1.82) is 0 Å². The van der Waals surface area contributed by atoms with Gasteiger partial charge in [-0.1, -0.05) is 54.5 Å². The highest BCUT2D eigenvalue weighted by atomic mass is 16.7. The Hall–Kier alpha value is -3.14. The van der Waals surface area contributed by atoms with Crippen LogP contribution in [-0.4, -0.2) is 48.9 Å². The van der Waals surface area contributed by atoms with Crippen LogP contribution in [0.5, 0.6) is 11.5 Å². The van der Waals surface area contributed by atoms with Gasteiger partial charge >= 0.3 is 24.1 Å². The second kappa shape index (κ2) is 15.6. The van der Waals surface area contributed by atoms with E-state index in [1.54, 1.807) is 33.8 Å². The van der Waals surface area contributed by atoms with E-state index in [0.29, 0.717) is 12.0 Å². The van der Waals surface area contributed by atoms with Crippen molar-refractivity contribution in [3.63, 3.8) is 0 Å². The highest BCUT2D eigenvalue weighted by molar-refractivity contribution is 5.81. The second-order valence-electron chi connectivity index (χ2n) is 11.2. The van der Waals surface area contributed by atoms with Crippen LogP contribution in [0.1, 0.15) is 80.7 Å². The van der Waals surface area contributed by atoms with Gasteiger partial charge in [-0.15, -0.1) is 0 Å². The van der Waals surface area contributed by atoms with Crippen LogP contribution in [0.3, 0.4) is 0 Å². The maximum atomic E-state index is 12.8. The van der Waals surface area contributed by atoms with Gasteiger partial charge in [0.25, 0.3) is 0 Å². The van der Waals surface area contributed by atoms with Gasteiger partial charge in [-0.25, -0.2) is 4.79 Å². The van der Waals surface area contributed by atoms with Gasteiger partial charge < -0.3 is 29.4 Å². The first-order valence-corrected chi connectivity index (χ1v) is 13.8. The summed E-state index contributed by atoms with van der Waals surface area (Å²) in [7, 11) is 1.21. The van der Waals surface area contributed by atoms with E-state index in [9.17, 15) is 19.2 Å². The number of methoxy groups -OCH3 is 1. The number of carbonyl (C=O) groups excluding carboxylic acids is 4. The predicted molar refractivity (Wildman–Crippen MR) is 150 cm³/mol. The van der Waals surface area contributed by atoms with Gasteiger partial charge in [-0.2, -0.15) is 0 Å². The van der Waals surface area contributed by atoms with E-state index in [0.717, 1.165) is 0 Å². The molecule has 0 saturated carbocycles. The predicted octanol–water partition coefficient (Wildman–Crippen LogP) is 5.22. The molecule has 0 aliphatic carbocycles. The van der Waals surface area contributed by atoms with Gasteiger partial charge in [0.2, 0.25) is 0 Å². The van der Waals surface area contributed by atoms with Crippen LogP contribution in [0.2, 0.25) is 0 Å². The van der Waals surface area contributed by atoms with Crippen molar-refractivity contribution in [2.75, 3.05) is 7.11 Å². The Morgan fingerprint density at radius 2 is 1.30 bits per heavy atom. The van der Waals surface area contributed by atoms with Gasteiger partial charge in [-0.3, -0.25) is 14.4 Å². The van der Waals surface area contributed by atoms with Crippen molar-refractivity contribution in [3.05, 3.63) is 23.8 Å². The van der Waals surface area contributed by atoms with E-state index in [-0.39, 0.29) is 48.2 Å². The summed E-state index contributed by atoms with van der Waals surface area (Å²) in [5.41, 5.74) is 5.44. The molecule has 0 aliphatic heterocycles. The number of ether oxygens (including phenoxy) is 5. The molecule has 0 fully saturated rings. The summed E-state index contributed by atoms with van der Waals surface area (Å²) in [5.74, 6) is -2.29. The molecule has 0 aliphatic rings. The Labute approximate surface area is 238 Å². The average molecular weight is 566 g/mol.